The zero-order valence-corrected chi connectivity index (χ0v) is 22.9. The molecule has 2 rings (SSSR count). The molecule has 0 fully saturated rings. The van der Waals surface area contributed by atoms with Gasteiger partial charge in [0.2, 0.25) is 17.5 Å². The lowest BCUT2D eigenvalue weighted by molar-refractivity contribution is -0.192. The number of carbonyl (C=O) groups is 6. The molecule has 246 valence electrons. The average Bonchev–Trinajstić information content (AvgIpc) is 2.94. The van der Waals surface area contributed by atoms with Crippen molar-refractivity contribution in [2.24, 2.45) is 5.92 Å². The van der Waals surface area contributed by atoms with E-state index in [1.54, 1.807) is 12.1 Å². The molecule has 1 aromatic carbocycles. The van der Waals surface area contributed by atoms with Crippen LogP contribution in [-0.2, 0) is 28.8 Å². The van der Waals surface area contributed by atoms with Gasteiger partial charge in [-0.3, -0.25) is 24.0 Å². The molecule has 0 aliphatic rings. The molecule has 0 unspecified atom stereocenters. The summed E-state index contributed by atoms with van der Waals surface area (Å²) in [6.07, 6.45) is -4.75. The number of ether oxygens (including phenoxy) is 1. The second-order valence-electron chi connectivity index (χ2n) is 8.88. The molecule has 0 aliphatic heterocycles. The molecule has 13 nitrogen and oxygen atoms in total. The van der Waals surface area contributed by atoms with E-state index in [-0.39, 0.29) is 11.9 Å². The summed E-state index contributed by atoms with van der Waals surface area (Å²) in [7, 11) is 0. The van der Waals surface area contributed by atoms with Crippen molar-refractivity contribution in [3.05, 3.63) is 53.7 Å². The minimum Gasteiger partial charge on any atom is -0.481 e. The van der Waals surface area contributed by atoms with Gasteiger partial charge in [-0.05, 0) is 18.1 Å². The number of pyridine rings is 1. The van der Waals surface area contributed by atoms with Crippen LogP contribution in [0.5, 0.6) is 5.75 Å². The lowest BCUT2D eigenvalue weighted by atomic mass is 10.0. The Morgan fingerprint density at radius 2 is 1.47 bits per heavy atom. The number of rotatable bonds is 11. The Bertz CT molecular complexity index is 1400. The molecule has 2 atom stereocenters. The van der Waals surface area contributed by atoms with Gasteiger partial charge >= 0.3 is 29.9 Å². The first-order chi connectivity index (χ1) is 20.8. The summed E-state index contributed by atoms with van der Waals surface area (Å²) < 4.78 is 90.5. The van der Waals surface area contributed by atoms with Crippen molar-refractivity contribution >= 4 is 41.3 Å². The number of Topliss-reactive ketones (excluding diaryl/α,β-unsaturated/α-hetero) is 1. The van der Waals surface area contributed by atoms with E-state index in [4.69, 9.17) is 15.0 Å². The fourth-order valence-corrected chi connectivity index (χ4v) is 2.95. The molecule has 0 bridgehead atoms. The molecule has 3 amide bonds. The Kier molecular flexibility index (Phi) is 13.9. The van der Waals surface area contributed by atoms with Gasteiger partial charge in [0.05, 0.1) is 6.42 Å². The van der Waals surface area contributed by atoms with Crippen LogP contribution < -0.4 is 20.7 Å². The van der Waals surface area contributed by atoms with Crippen molar-refractivity contribution in [2.45, 2.75) is 38.5 Å². The predicted octanol–water partition coefficient (Wildman–Crippen LogP) is 1.96. The highest BCUT2D eigenvalue weighted by Crippen LogP contribution is 2.26. The maximum Gasteiger partial charge on any atom is 0.490 e. The van der Waals surface area contributed by atoms with Gasteiger partial charge in [0.15, 0.2) is 23.2 Å². The molecule has 0 aliphatic carbocycles. The van der Waals surface area contributed by atoms with E-state index in [9.17, 15) is 54.7 Å². The number of carbonyl (C=O) groups excluding carboxylic acids is 4. The molecule has 45 heavy (non-hydrogen) atoms. The van der Waals surface area contributed by atoms with Crippen molar-refractivity contribution in [2.75, 3.05) is 11.9 Å². The third kappa shape index (κ3) is 12.1. The smallest absolute Gasteiger partial charge is 0.481 e. The topological polar surface area (TPSA) is 201 Å². The third-order valence-corrected chi connectivity index (χ3v) is 5.11. The SMILES string of the molecule is CC(C)[C@H](NC(=O)C(=O)Nc1ccccn1)C(=O)N[C@@H](CC(=O)O)C(=O)COc1c(F)c(F)cc(F)c1F.O=C(O)C(F)(F)F. The minimum atomic E-state index is -5.08. The monoisotopic (exact) mass is 656 g/mol. The van der Waals surface area contributed by atoms with Crippen molar-refractivity contribution in [3.63, 3.8) is 0 Å². The lowest BCUT2D eigenvalue weighted by Crippen LogP contribution is -2.56. The van der Waals surface area contributed by atoms with Crippen LogP contribution in [0, 0.1) is 29.2 Å². The van der Waals surface area contributed by atoms with E-state index in [1.807, 2.05) is 0 Å². The number of amides is 3. The van der Waals surface area contributed by atoms with Gasteiger partial charge in [0, 0.05) is 12.3 Å². The van der Waals surface area contributed by atoms with E-state index in [0.717, 1.165) is 0 Å². The Morgan fingerprint density at radius 1 is 0.911 bits per heavy atom. The zero-order valence-electron chi connectivity index (χ0n) is 22.9. The van der Waals surface area contributed by atoms with Crippen molar-refractivity contribution in [3.8, 4) is 5.75 Å². The summed E-state index contributed by atoms with van der Waals surface area (Å²) in [6, 6.07) is 1.15. The van der Waals surface area contributed by atoms with Crippen LogP contribution in [0.4, 0.5) is 36.6 Å². The van der Waals surface area contributed by atoms with Gasteiger partial charge in [-0.15, -0.1) is 0 Å². The summed E-state index contributed by atoms with van der Waals surface area (Å²) in [5.41, 5.74) is 0. The second kappa shape index (κ2) is 16.5. The van der Waals surface area contributed by atoms with E-state index in [1.165, 1.54) is 26.1 Å². The highest BCUT2D eigenvalue weighted by molar-refractivity contribution is 6.39. The normalized spacial score (nSPS) is 12.1. The summed E-state index contributed by atoms with van der Waals surface area (Å²) in [6.45, 7) is 1.67. The standard InChI is InChI=1S/C23H22F4N4O7.C2HF3O2/c1-10(2)19(31-23(37)22(36)30-15-5-3-4-6-28-15)21(35)29-13(8-16(33)34)14(32)9-38-20-17(26)11(24)7-12(25)18(20)27;3-2(4,5)1(6)7/h3-7,10,13,19H,8-9H2,1-2H3,(H,29,35)(H,31,37)(H,33,34)(H,28,30,36);(H,6,7)/t13-,19-;/m0./s1. The second-order valence-corrected chi connectivity index (χ2v) is 8.88. The highest BCUT2D eigenvalue weighted by atomic mass is 19.4. The number of alkyl halides is 3. The van der Waals surface area contributed by atoms with Crippen LogP contribution >= 0.6 is 0 Å². The first-order valence-corrected chi connectivity index (χ1v) is 12.1. The first kappa shape index (κ1) is 37.7. The van der Waals surface area contributed by atoms with Crippen molar-refractivity contribution in [1.29, 1.82) is 0 Å². The van der Waals surface area contributed by atoms with Gasteiger partial charge in [-0.25, -0.2) is 18.6 Å². The van der Waals surface area contributed by atoms with Crippen molar-refractivity contribution in [1.82, 2.24) is 15.6 Å². The van der Waals surface area contributed by atoms with Crippen LogP contribution in [-0.4, -0.2) is 75.5 Å². The number of anilines is 1. The molecule has 5 N–H and O–H groups in total. The molecule has 20 heteroatoms. The summed E-state index contributed by atoms with van der Waals surface area (Å²) >= 11 is 0. The maximum atomic E-state index is 13.8. The number of aromatic nitrogens is 1. The molecule has 0 saturated carbocycles. The van der Waals surface area contributed by atoms with E-state index >= 15 is 0 Å². The predicted molar refractivity (Wildman–Crippen MR) is 134 cm³/mol. The average molecular weight is 656 g/mol. The summed E-state index contributed by atoms with van der Waals surface area (Å²) in [5, 5.41) is 22.7. The van der Waals surface area contributed by atoms with Gasteiger partial charge in [0.1, 0.15) is 24.5 Å². The number of hydrogen-bond donors (Lipinski definition) is 5. The van der Waals surface area contributed by atoms with Crippen LogP contribution in [0.15, 0.2) is 30.5 Å². The number of benzene rings is 1. The van der Waals surface area contributed by atoms with Crippen LogP contribution in [0.3, 0.4) is 0 Å². The molecular formula is C25H23F7N4O9. The van der Waals surface area contributed by atoms with Gasteiger partial charge in [-0.1, -0.05) is 19.9 Å². The van der Waals surface area contributed by atoms with E-state index < -0.39 is 102 Å². The van der Waals surface area contributed by atoms with E-state index in [2.05, 4.69) is 25.7 Å². The summed E-state index contributed by atoms with van der Waals surface area (Å²) in [4.78, 5) is 73.7. The zero-order chi connectivity index (χ0) is 34.6. The Labute approximate surface area is 247 Å². The quantitative estimate of drug-likeness (QED) is 0.135. The van der Waals surface area contributed by atoms with Crippen molar-refractivity contribution < 1.29 is 74.5 Å². The van der Waals surface area contributed by atoms with E-state index in [0.29, 0.717) is 0 Å². The first-order valence-electron chi connectivity index (χ1n) is 12.1. The number of nitrogens with one attached hydrogen (secondary N) is 3. The number of aliphatic carboxylic acids is 2. The molecule has 0 spiro atoms. The van der Waals surface area contributed by atoms with Crippen LogP contribution in [0.1, 0.15) is 20.3 Å². The summed E-state index contributed by atoms with van der Waals surface area (Å²) in [5.74, 6) is -18.7. The number of carboxylic acid groups (broad SMARTS) is 2. The fourth-order valence-electron chi connectivity index (χ4n) is 2.95. The molecule has 1 heterocycles. The van der Waals surface area contributed by atoms with Gasteiger partial charge < -0.3 is 30.9 Å². The maximum absolute atomic E-state index is 13.8. The molecular weight excluding hydrogens is 633 g/mol. The number of carboxylic acids is 2. The minimum absolute atomic E-state index is 0.0522. The lowest BCUT2D eigenvalue weighted by Gasteiger charge is -2.24. The molecule has 0 saturated heterocycles. The third-order valence-electron chi connectivity index (χ3n) is 5.11. The van der Waals surface area contributed by atoms with Crippen LogP contribution in [0.25, 0.3) is 0 Å². The number of halogens is 7. The number of ketones is 1. The van der Waals surface area contributed by atoms with Gasteiger partial charge in [-0.2, -0.15) is 22.0 Å². The Hall–Kier alpha value is -5.30. The molecule has 2 aromatic rings. The Morgan fingerprint density at radius 3 is 1.91 bits per heavy atom. The Balaban J connectivity index is 0.00000129. The van der Waals surface area contributed by atoms with Crippen LogP contribution in [0.2, 0.25) is 0 Å². The number of hydrogen-bond acceptors (Lipinski definition) is 8. The highest BCUT2D eigenvalue weighted by Gasteiger charge is 2.38. The largest absolute Gasteiger partial charge is 0.490 e. The number of nitrogens with zero attached hydrogens (tertiary/aromatic N) is 1. The fraction of sp³-hybridized carbons (Fsp3) is 0.320. The molecule has 1 aromatic heterocycles. The van der Waals surface area contributed by atoms with Gasteiger partial charge in [0.25, 0.3) is 0 Å². The molecule has 0 radical (unpaired) electrons.